The summed E-state index contributed by atoms with van der Waals surface area (Å²) in [6.45, 7) is 7.91. The van der Waals surface area contributed by atoms with E-state index in [1.807, 2.05) is 6.07 Å². The molecule has 6 heteroatoms. The van der Waals surface area contributed by atoms with Crippen LogP contribution < -0.4 is 11.0 Å². The van der Waals surface area contributed by atoms with Gasteiger partial charge in [-0.25, -0.2) is 4.79 Å². The summed E-state index contributed by atoms with van der Waals surface area (Å²) in [4.78, 5) is 25.1. The van der Waals surface area contributed by atoms with E-state index >= 15 is 0 Å². The topological polar surface area (TPSA) is 56.0 Å². The summed E-state index contributed by atoms with van der Waals surface area (Å²) in [5, 5.41) is 3.32. The van der Waals surface area contributed by atoms with Crippen molar-refractivity contribution in [2.75, 3.05) is 0 Å². The van der Waals surface area contributed by atoms with Crippen molar-refractivity contribution < 1.29 is 4.79 Å². The van der Waals surface area contributed by atoms with Gasteiger partial charge in [-0.15, -0.1) is 0 Å². The van der Waals surface area contributed by atoms with Crippen molar-refractivity contribution in [2.24, 2.45) is 7.05 Å². The van der Waals surface area contributed by atoms with Crippen molar-refractivity contribution in [1.29, 1.82) is 0 Å². The second-order valence-electron chi connectivity index (χ2n) is 6.38. The molecule has 3 rings (SSSR count). The maximum atomic E-state index is 12.8. The van der Waals surface area contributed by atoms with Crippen LogP contribution in [0.4, 0.5) is 0 Å². The minimum atomic E-state index is -0.532. The summed E-state index contributed by atoms with van der Waals surface area (Å²) in [5.41, 5.74) is 3.05. The predicted molar refractivity (Wildman–Crippen MR) is 91.8 cm³/mol. The van der Waals surface area contributed by atoms with Gasteiger partial charge in [0.05, 0.1) is 11.0 Å². The van der Waals surface area contributed by atoms with Crippen LogP contribution in [-0.4, -0.2) is 15.0 Å². The second-order valence-corrected chi connectivity index (χ2v) is 6.81. The number of imidazole rings is 1. The van der Waals surface area contributed by atoms with E-state index in [1.54, 1.807) is 22.2 Å². The van der Waals surface area contributed by atoms with Gasteiger partial charge in [0, 0.05) is 17.8 Å². The predicted octanol–water partition coefficient (Wildman–Crippen LogP) is 3.08. The molecule has 1 aliphatic heterocycles. The highest BCUT2D eigenvalue weighted by atomic mass is 35.5. The highest BCUT2D eigenvalue weighted by Crippen LogP contribution is 2.31. The van der Waals surface area contributed by atoms with Gasteiger partial charge in [-0.2, -0.15) is 0 Å². The van der Waals surface area contributed by atoms with Crippen molar-refractivity contribution in [3.8, 4) is 0 Å². The number of amides is 1. The van der Waals surface area contributed by atoms with Gasteiger partial charge in [0.1, 0.15) is 6.04 Å². The number of hydrogen-bond acceptors (Lipinski definition) is 2. The van der Waals surface area contributed by atoms with Gasteiger partial charge in [0.25, 0.3) is 0 Å². The summed E-state index contributed by atoms with van der Waals surface area (Å²) >= 11 is 6.26. The van der Waals surface area contributed by atoms with Crippen molar-refractivity contribution in [3.63, 3.8) is 0 Å². The first-order chi connectivity index (χ1) is 10.8. The molecule has 1 fully saturated rings. The first-order valence-electron chi connectivity index (χ1n) is 7.70. The summed E-state index contributed by atoms with van der Waals surface area (Å²) in [6, 6.07) is 3.12. The number of allylic oxidation sites excluding steroid dienone is 1. The lowest BCUT2D eigenvalue weighted by Crippen LogP contribution is -2.40. The Hall–Kier alpha value is -2.01. The fourth-order valence-corrected chi connectivity index (χ4v) is 3.49. The second kappa shape index (κ2) is 5.57. The Morgan fingerprint density at radius 3 is 2.65 bits per heavy atom. The quantitative estimate of drug-likeness (QED) is 0.918. The summed E-state index contributed by atoms with van der Waals surface area (Å²) in [6.07, 6.45) is 1.23. The first-order valence-corrected chi connectivity index (χ1v) is 8.08. The van der Waals surface area contributed by atoms with E-state index in [-0.39, 0.29) is 17.5 Å². The van der Waals surface area contributed by atoms with Crippen molar-refractivity contribution >= 4 is 28.5 Å². The third-order valence-electron chi connectivity index (χ3n) is 4.43. The van der Waals surface area contributed by atoms with Crippen LogP contribution in [0.2, 0.25) is 5.02 Å². The number of hydrogen-bond donors (Lipinski definition) is 1. The summed E-state index contributed by atoms with van der Waals surface area (Å²) < 4.78 is 3.17. The zero-order valence-corrected chi connectivity index (χ0v) is 14.3. The Labute approximate surface area is 139 Å². The Balaban J connectivity index is 2.30. The van der Waals surface area contributed by atoms with Gasteiger partial charge >= 0.3 is 5.69 Å². The van der Waals surface area contributed by atoms with E-state index in [0.29, 0.717) is 29.1 Å². The molecular weight excluding hydrogens is 314 g/mol. The normalized spacial score (nSPS) is 18.7. The summed E-state index contributed by atoms with van der Waals surface area (Å²) in [7, 11) is 1.74. The van der Waals surface area contributed by atoms with Crippen LogP contribution >= 0.6 is 11.6 Å². The molecule has 1 atom stereocenters. The van der Waals surface area contributed by atoms with Gasteiger partial charge < -0.3 is 5.32 Å². The highest BCUT2D eigenvalue weighted by Gasteiger charge is 2.30. The molecule has 2 aromatic rings. The van der Waals surface area contributed by atoms with Gasteiger partial charge in [-0.1, -0.05) is 32.0 Å². The van der Waals surface area contributed by atoms with E-state index in [4.69, 9.17) is 11.6 Å². The van der Waals surface area contributed by atoms with Gasteiger partial charge in [-0.05, 0) is 36.5 Å². The third-order valence-corrected chi connectivity index (χ3v) is 4.65. The first kappa shape index (κ1) is 15.9. The fraction of sp³-hybridized carbons (Fsp3) is 0.412. The Kier molecular flexibility index (Phi) is 3.84. The van der Waals surface area contributed by atoms with Crippen molar-refractivity contribution in [3.05, 3.63) is 45.5 Å². The maximum absolute atomic E-state index is 12.8. The number of nitrogens with zero attached hydrogens (tertiary/aromatic N) is 2. The number of carbonyl (C=O) groups excluding carboxylic acids is 1. The average Bonchev–Trinajstić information content (AvgIpc) is 2.71. The minimum absolute atomic E-state index is 0.193. The number of benzene rings is 1. The van der Waals surface area contributed by atoms with Crippen LogP contribution in [-0.2, 0) is 11.8 Å². The third kappa shape index (κ3) is 2.49. The Morgan fingerprint density at radius 2 is 2.04 bits per heavy atom. The fourth-order valence-electron chi connectivity index (χ4n) is 3.26. The Morgan fingerprint density at radius 1 is 1.35 bits per heavy atom. The van der Waals surface area contributed by atoms with Crippen LogP contribution in [0.1, 0.15) is 44.2 Å². The van der Waals surface area contributed by atoms with Crippen LogP contribution in [0.3, 0.4) is 0 Å². The number of fused-ring (bicyclic) bond motifs is 1. The molecule has 1 unspecified atom stereocenters. The van der Waals surface area contributed by atoms with Crippen molar-refractivity contribution in [2.45, 2.75) is 38.6 Å². The molecule has 23 heavy (non-hydrogen) atoms. The molecule has 1 saturated heterocycles. The zero-order chi connectivity index (χ0) is 16.9. The smallest absolute Gasteiger partial charge is 0.329 e. The minimum Gasteiger partial charge on any atom is -0.329 e. The van der Waals surface area contributed by atoms with Gasteiger partial charge in [0.15, 0.2) is 0 Å². The molecule has 0 spiro atoms. The number of carbonyl (C=O) groups is 1. The maximum Gasteiger partial charge on any atom is 0.329 e. The number of piperidine rings is 1. The summed E-state index contributed by atoms with van der Waals surface area (Å²) in [5.74, 6) is 0.0273. The molecule has 1 N–H and O–H groups in total. The van der Waals surface area contributed by atoms with E-state index < -0.39 is 6.04 Å². The lowest BCUT2D eigenvalue weighted by atomic mass is 10.0. The monoisotopic (exact) mass is 333 g/mol. The highest BCUT2D eigenvalue weighted by molar-refractivity contribution is 6.31. The molecule has 1 aromatic heterocycles. The van der Waals surface area contributed by atoms with E-state index in [0.717, 1.165) is 11.1 Å². The SMILES string of the molecule is C=C1CCC(n2c(=O)n(C)c3c(C(C)C)cc(Cl)cc32)C(=O)N1. The van der Waals surface area contributed by atoms with Crippen LogP contribution in [0.5, 0.6) is 0 Å². The lowest BCUT2D eigenvalue weighted by molar-refractivity contribution is -0.124. The Bertz CT molecular complexity index is 876. The number of aromatic nitrogens is 2. The van der Waals surface area contributed by atoms with Crippen LogP contribution in [0, 0.1) is 0 Å². The average molecular weight is 334 g/mol. The molecule has 0 bridgehead atoms. The number of halogens is 1. The molecular formula is C17H20ClN3O2. The zero-order valence-electron chi connectivity index (χ0n) is 13.5. The number of rotatable bonds is 2. The molecule has 5 nitrogen and oxygen atoms in total. The molecule has 1 aliphatic rings. The molecule has 0 saturated carbocycles. The molecule has 122 valence electrons. The molecule has 1 amide bonds. The molecule has 0 radical (unpaired) electrons. The number of aryl methyl sites for hydroxylation is 1. The molecule has 1 aromatic carbocycles. The lowest BCUT2D eigenvalue weighted by Gasteiger charge is -2.24. The molecule has 2 heterocycles. The molecule has 0 aliphatic carbocycles. The van der Waals surface area contributed by atoms with Crippen LogP contribution in [0.15, 0.2) is 29.2 Å². The van der Waals surface area contributed by atoms with Gasteiger partial charge in [0.2, 0.25) is 5.91 Å². The van der Waals surface area contributed by atoms with Crippen molar-refractivity contribution in [1.82, 2.24) is 14.5 Å². The van der Waals surface area contributed by atoms with Gasteiger partial charge in [-0.3, -0.25) is 13.9 Å². The standard InChI is InChI=1S/C17H20ClN3O2/c1-9(2)12-7-11(18)8-14-15(12)20(4)17(23)21(14)13-6-5-10(3)19-16(13)22/h7-9,13H,3,5-6H2,1-2,4H3,(H,19,22). The number of nitrogens with one attached hydrogen (secondary N) is 1. The van der Waals surface area contributed by atoms with E-state index in [1.165, 1.54) is 0 Å². The largest absolute Gasteiger partial charge is 0.329 e. The van der Waals surface area contributed by atoms with E-state index in [9.17, 15) is 9.59 Å². The van der Waals surface area contributed by atoms with E-state index in [2.05, 4.69) is 25.7 Å². The van der Waals surface area contributed by atoms with Crippen LogP contribution in [0.25, 0.3) is 11.0 Å².